The van der Waals surface area contributed by atoms with Gasteiger partial charge in [0.15, 0.2) is 17.3 Å². The fourth-order valence-electron chi connectivity index (χ4n) is 4.44. The van der Waals surface area contributed by atoms with Crippen molar-refractivity contribution in [1.29, 1.82) is 0 Å². The van der Waals surface area contributed by atoms with Crippen molar-refractivity contribution >= 4 is 17.8 Å². The van der Waals surface area contributed by atoms with Crippen LogP contribution < -0.4 is 23.7 Å². The summed E-state index contributed by atoms with van der Waals surface area (Å²) < 4.78 is 28.1. The van der Waals surface area contributed by atoms with E-state index in [-0.39, 0.29) is 30.7 Å². The molecule has 0 N–H and O–H groups in total. The molecular weight excluding hydrogens is 424 g/mol. The Labute approximate surface area is 189 Å². The fourth-order valence-corrected chi connectivity index (χ4v) is 4.44. The second-order valence-electron chi connectivity index (χ2n) is 7.89. The molecule has 6 rings (SSSR count). The SMILES string of the molecule is COc1cc([C@@H]2CC(=O)Oc3ccc4c(c32)O/C(=C\c2ccccc2)C4=O)cc2c1OCO2. The number of Topliss-reactive ketones (excluding diaryl/α,β-unsaturated/α-hetero) is 1. The maximum absolute atomic E-state index is 13.1. The van der Waals surface area contributed by atoms with E-state index in [2.05, 4.69) is 0 Å². The van der Waals surface area contributed by atoms with E-state index in [4.69, 9.17) is 23.7 Å². The van der Waals surface area contributed by atoms with Gasteiger partial charge in [0.25, 0.3) is 0 Å². The summed E-state index contributed by atoms with van der Waals surface area (Å²) in [5.74, 6) is 1.59. The molecule has 3 heterocycles. The lowest BCUT2D eigenvalue weighted by molar-refractivity contribution is -0.135. The van der Waals surface area contributed by atoms with E-state index in [9.17, 15) is 9.59 Å². The summed E-state index contributed by atoms with van der Waals surface area (Å²) >= 11 is 0. The normalized spacial score (nSPS) is 19.1. The van der Waals surface area contributed by atoms with Crippen LogP contribution >= 0.6 is 0 Å². The molecule has 1 atom stereocenters. The second kappa shape index (κ2) is 7.41. The van der Waals surface area contributed by atoms with Crippen molar-refractivity contribution in [2.75, 3.05) is 13.9 Å². The van der Waals surface area contributed by atoms with E-state index in [1.807, 2.05) is 42.5 Å². The van der Waals surface area contributed by atoms with Gasteiger partial charge in [-0.2, -0.15) is 0 Å². The number of benzene rings is 3. The Hall–Kier alpha value is -4.26. The predicted octanol–water partition coefficient (Wildman–Crippen LogP) is 4.48. The minimum atomic E-state index is -0.413. The molecule has 0 bridgehead atoms. The molecule has 3 aromatic carbocycles. The van der Waals surface area contributed by atoms with E-state index in [0.29, 0.717) is 39.9 Å². The standard InChI is InChI=1S/C26H18O7/c1-29-20-10-15(11-21-26(20)31-13-30-21)17-12-22(27)32-18-8-7-16-24(28)19(33-25(16)23(17)18)9-14-5-3-2-4-6-14/h2-11,17H,12-13H2,1H3/b19-9-/t17-/m0/s1. The molecule has 0 aromatic heterocycles. The highest BCUT2D eigenvalue weighted by atomic mass is 16.7. The van der Waals surface area contributed by atoms with Gasteiger partial charge in [-0.05, 0) is 41.5 Å². The van der Waals surface area contributed by atoms with Gasteiger partial charge in [0, 0.05) is 11.5 Å². The molecule has 3 aromatic rings. The summed E-state index contributed by atoms with van der Waals surface area (Å²) in [4.78, 5) is 25.5. The zero-order valence-electron chi connectivity index (χ0n) is 17.6. The van der Waals surface area contributed by atoms with Crippen LogP contribution in [0.4, 0.5) is 0 Å². The number of methoxy groups -OCH3 is 1. The third-order valence-electron chi connectivity index (χ3n) is 5.96. The molecule has 0 spiro atoms. The number of ketones is 1. The number of esters is 1. The molecule has 0 aliphatic carbocycles. The number of rotatable bonds is 3. The molecule has 3 aliphatic heterocycles. The average Bonchev–Trinajstić information content (AvgIpc) is 3.43. The number of fused-ring (bicyclic) bond motifs is 4. The highest BCUT2D eigenvalue weighted by molar-refractivity contribution is 6.15. The Morgan fingerprint density at radius 2 is 1.79 bits per heavy atom. The van der Waals surface area contributed by atoms with Crippen LogP contribution in [0, 0.1) is 0 Å². The fraction of sp³-hybridized carbons (Fsp3) is 0.154. The third-order valence-corrected chi connectivity index (χ3v) is 5.96. The van der Waals surface area contributed by atoms with Gasteiger partial charge in [-0.25, -0.2) is 0 Å². The van der Waals surface area contributed by atoms with E-state index in [1.165, 1.54) is 0 Å². The first-order valence-corrected chi connectivity index (χ1v) is 10.5. The van der Waals surface area contributed by atoms with E-state index < -0.39 is 5.92 Å². The summed E-state index contributed by atoms with van der Waals surface area (Å²) in [6.45, 7) is 0.0963. The summed E-state index contributed by atoms with van der Waals surface area (Å²) in [6.07, 6.45) is 1.80. The summed E-state index contributed by atoms with van der Waals surface area (Å²) in [6, 6.07) is 16.4. The van der Waals surface area contributed by atoms with E-state index in [1.54, 1.807) is 25.3 Å². The van der Waals surface area contributed by atoms with Gasteiger partial charge in [0.05, 0.1) is 19.1 Å². The summed E-state index contributed by atoms with van der Waals surface area (Å²) in [5.41, 5.74) is 2.72. The lowest BCUT2D eigenvalue weighted by atomic mass is 9.84. The van der Waals surface area contributed by atoms with E-state index in [0.717, 1.165) is 11.1 Å². The number of carbonyl (C=O) groups is 2. The van der Waals surface area contributed by atoms with Crippen molar-refractivity contribution in [2.24, 2.45) is 0 Å². The number of ether oxygens (including phenoxy) is 5. The number of allylic oxidation sites excluding steroid dienone is 1. The average molecular weight is 442 g/mol. The Bertz CT molecular complexity index is 1340. The molecule has 0 radical (unpaired) electrons. The van der Waals surface area contributed by atoms with Gasteiger partial charge in [-0.1, -0.05) is 30.3 Å². The molecule has 7 heteroatoms. The number of hydrogen-bond acceptors (Lipinski definition) is 7. The van der Waals surface area contributed by atoms with Gasteiger partial charge in [-0.3, -0.25) is 9.59 Å². The van der Waals surface area contributed by atoms with Crippen molar-refractivity contribution < 1.29 is 33.3 Å². The number of hydrogen-bond donors (Lipinski definition) is 0. The van der Waals surface area contributed by atoms with Crippen molar-refractivity contribution in [3.8, 4) is 28.7 Å². The zero-order valence-corrected chi connectivity index (χ0v) is 17.6. The minimum Gasteiger partial charge on any atom is -0.493 e. The highest BCUT2D eigenvalue weighted by Gasteiger charge is 2.39. The van der Waals surface area contributed by atoms with Gasteiger partial charge in [0.1, 0.15) is 11.5 Å². The van der Waals surface area contributed by atoms with Crippen LogP contribution in [-0.4, -0.2) is 25.7 Å². The van der Waals surface area contributed by atoms with Crippen LogP contribution in [0.2, 0.25) is 0 Å². The van der Waals surface area contributed by atoms with Crippen molar-refractivity contribution in [2.45, 2.75) is 12.3 Å². The topological polar surface area (TPSA) is 80.3 Å². The van der Waals surface area contributed by atoms with Crippen LogP contribution in [0.5, 0.6) is 28.7 Å². The van der Waals surface area contributed by atoms with Crippen molar-refractivity contribution in [3.05, 3.63) is 82.6 Å². The van der Waals surface area contributed by atoms with Gasteiger partial charge in [0.2, 0.25) is 18.3 Å². The quantitative estimate of drug-likeness (QED) is 0.336. The Morgan fingerprint density at radius 3 is 2.61 bits per heavy atom. The predicted molar refractivity (Wildman–Crippen MR) is 117 cm³/mol. The molecule has 164 valence electrons. The number of carbonyl (C=O) groups excluding carboxylic acids is 2. The molecule has 0 amide bonds. The lowest BCUT2D eigenvalue weighted by Crippen LogP contribution is -2.21. The van der Waals surface area contributed by atoms with Gasteiger partial charge >= 0.3 is 5.97 Å². The van der Waals surface area contributed by atoms with Crippen LogP contribution in [-0.2, 0) is 4.79 Å². The molecule has 0 saturated heterocycles. The van der Waals surface area contributed by atoms with Crippen LogP contribution in [0.1, 0.15) is 39.4 Å². The maximum atomic E-state index is 13.1. The van der Waals surface area contributed by atoms with E-state index >= 15 is 0 Å². The summed E-state index contributed by atoms with van der Waals surface area (Å²) in [5, 5.41) is 0. The molecule has 3 aliphatic rings. The second-order valence-corrected chi connectivity index (χ2v) is 7.89. The first kappa shape index (κ1) is 19.4. The van der Waals surface area contributed by atoms with Crippen molar-refractivity contribution in [1.82, 2.24) is 0 Å². The first-order chi connectivity index (χ1) is 16.1. The molecule has 7 nitrogen and oxygen atoms in total. The molecule has 0 saturated carbocycles. The highest BCUT2D eigenvalue weighted by Crippen LogP contribution is 2.51. The van der Waals surface area contributed by atoms with Crippen LogP contribution in [0.3, 0.4) is 0 Å². The molecule has 0 unspecified atom stereocenters. The summed E-state index contributed by atoms with van der Waals surface area (Å²) in [7, 11) is 1.55. The van der Waals surface area contributed by atoms with Crippen molar-refractivity contribution in [3.63, 3.8) is 0 Å². The molecule has 33 heavy (non-hydrogen) atoms. The molecular formula is C26H18O7. The Balaban J connectivity index is 1.48. The Kier molecular flexibility index (Phi) is 4.36. The van der Waals surface area contributed by atoms with Gasteiger partial charge in [-0.15, -0.1) is 0 Å². The smallest absolute Gasteiger partial charge is 0.312 e. The minimum absolute atomic E-state index is 0.0849. The Morgan fingerprint density at radius 1 is 0.939 bits per heavy atom. The van der Waals surface area contributed by atoms with Gasteiger partial charge < -0.3 is 23.7 Å². The first-order valence-electron chi connectivity index (χ1n) is 10.5. The molecule has 0 fully saturated rings. The largest absolute Gasteiger partial charge is 0.493 e. The van der Waals surface area contributed by atoms with Crippen LogP contribution in [0.25, 0.3) is 6.08 Å². The monoisotopic (exact) mass is 442 g/mol. The van der Waals surface area contributed by atoms with Crippen LogP contribution in [0.15, 0.2) is 60.4 Å². The maximum Gasteiger partial charge on any atom is 0.312 e. The lowest BCUT2D eigenvalue weighted by Gasteiger charge is -2.26. The third kappa shape index (κ3) is 3.12. The zero-order chi connectivity index (χ0) is 22.5.